The number of para-hydroxylation sites is 1. The van der Waals surface area contributed by atoms with Gasteiger partial charge in [0.05, 0.1) is 23.2 Å². The standard InChI is InChI=1S/C27H31N3O4S/c1-19-14-15-23(18-20(19)2)30(35(4,33)34)21(3)26(31)29-25-13-9-8-12-24(25)27(32)28-17-16-22-10-6-5-7-11-22/h5-15,18,21H,16-17H2,1-4H3,(H,28,32)(H,29,31)/t21-/m1/s1. The first-order valence-electron chi connectivity index (χ1n) is 11.4. The van der Waals surface area contributed by atoms with E-state index >= 15 is 0 Å². The van der Waals surface area contributed by atoms with Gasteiger partial charge in [-0.05, 0) is 68.1 Å². The van der Waals surface area contributed by atoms with Crippen molar-refractivity contribution in [2.45, 2.75) is 33.2 Å². The van der Waals surface area contributed by atoms with Gasteiger partial charge in [0.2, 0.25) is 15.9 Å². The summed E-state index contributed by atoms with van der Waals surface area (Å²) in [5.74, 6) is -0.864. The fourth-order valence-electron chi connectivity index (χ4n) is 3.76. The molecule has 0 aliphatic heterocycles. The Morgan fingerprint density at radius 3 is 2.23 bits per heavy atom. The van der Waals surface area contributed by atoms with Gasteiger partial charge in [-0.25, -0.2) is 8.42 Å². The Balaban J connectivity index is 1.76. The Labute approximate surface area is 207 Å². The Morgan fingerprint density at radius 2 is 1.57 bits per heavy atom. The lowest BCUT2D eigenvalue weighted by Crippen LogP contribution is -2.45. The first-order valence-corrected chi connectivity index (χ1v) is 13.2. The van der Waals surface area contributed by atoms with Crippen LogP contribution < -0.4 is 14.9 Å². The number of sulfonamides is 1. The molecule has 0 aromatic heterocycles. The minimum atomic E-state index is -3.76. The molecule has 0 spiro atoms. The summed E-state index contributed by atoms with van der Waals surface area (Å²) in [5, 5.41) is 5.62. The van der Waals surface area contributed by atoms with Crippen LogP contribution in [0.4, 0.5) is 11.4 Å². The van der Waals surface area contributed by atoms with Crippen molar-refractivity contribution in [3.05, 3.63) is 95.1 Å². The largest absolute Gasteiger partial charge is 0.352 e. The van der Waals surface area contributed by atoms with E-state index in [0.717, 1.165) is 27.3 Å². The summed E-state index contributed by atoms with van der Waals surface area (Å²) in [6.07, 6.45) is 1.75. The molecule has 0 fully saturated rings. The zero-order chi connectivity index (χ0) is 25.6. The topological polar surface area (TPSA) is 95.6 Å². The van der Waals surface area contributed by atoms with Crippen LogP contribution >= 0.6 is 0 Å². The summed E-state index contributed by atoms with van der Waals surface area (Å²) in [5.41, 5.74) is 4.07. The molecule has 0 saturated heterocycles. The normalized spacial score (nSPS) is 12.0. The molecule has 0 heterocycles. The Morgan fingerprint density at radius 1 is 0.914 bits per heavy atom. The van der Waals surface area contributed by atoms with E-state index in [2.05, 4.69) is 10.6 Å². The monoisotopic (exact) mass is 493 g/mol. The van der Waals surface area contributed by atoms with Crippen molar-refractivity contribution in [1.29, 1.82) is 0 Å². The molecular weight excluding hydrogens is 462 g/mol. The molecule has 0 aliphatic carbocycles. The van der Waals surface area contributed by atoms with Gasteiger partial charge in [-0.3, -0.25) is 13.9 Å². The van der Waals surface area contributed by atoms with Gasteiger partial charge < -0.3 is 10.6 Å². The molecule has 3 aromatic rings. The SMILES string of the molecule is Cc1ccc(N([C@H](C)C(=O)Nc2ccccc2C(=O)NCCc2ccccc2)S(C)(=O)=O)cc1C. The summed E-state index contributed by atoms with van der Waals surface area (Å²) < 4.78 is 26.3. The van der Waals surface area contributed by atoms with E-state index in [1.54, 1.807) is 36.4 Å². The summed E-state index contributed by atoms with van der Waals surface area (Å²) in [6.45, 7) is 5.78. The molecule has 8 heteroatoms. The maximum Gasteiger partial charge on any atom is 0.253 e. The highest BCUT2D eigenvalue weighted by atomic mass is 32.2. The maximum absolute atomic E-state index is 13.2. The second kappa shape index (κ2) is 11.2. The molecule has 0 unspecified atom stereocenters. The molecule has 1 atom stereocenters. The quantitative estimate of drug-likeness (QED) is 0.470. The van der Waals surface area contributed by atoms with Gasteiger partial charge in [-0.1, -0.05) is 48.5 Å². The Bertz CT molecular complexity index is 1310. The van der Waals surface area contributed by atoms with Gasteiger partial charge in [0.25, 0.3) is 5.91 Å². The second-order valence-electron chi connectivity index (χ2n) is 8.53. The van der Waals surface area contributed by atoms with Gasteiger partial charge in [-0.2, -0.15) is 0 Å². The zero-order valence-electron chi connectivity index (χ0n) is 20.4. The predicted octanol–water partition coefficient (Wildman–Crippen LogP) is 4.07. The number of nitrogens with one attached hydrogen (secondary N) is 2. The minimum absolute atomic E-state index is 0.304. The average molecular weight is 494 g/mol. The summed E-state index contributed by atoms with van der Waals surface area (Å²) in [7, 11) is -3.76. The third-order valence-corrected chi connectivity index (χ3v) is 7.05. The predicted molar refractivity (Wildman–Crippen MR) is 140 cm³/mol. The van der Waals surface area contributed by atoms with Gasteiger partial charge in [0.15, 0.2) is 0 Å². The fraction of sp³-hybridized carbons (Fsp3) is 0.259. The Kier molecular flexibility index (Phi) is 8.30. The van der Waals surface area contributed by atoms with Crippen molar-refractivity contribution < 1.29 is 18.0 Å². The second-order valence-corrected chi connectivity index (χ2v) is 10.4. The van der Waals surface area contributed by atoms with E-state index in [1.807, 2.05) is 50.2 Å². The summed E-state index contributed by atoms with van der Waals surface area (Å²) >= 11 is 0. The number of nitrogens with zero attached hydrogens (tertiary/aromatic N) is 1. The first-order chi connectivity index (χ1) is 16.6. The van der Waals surface area contributed by atoms with Crippen molar-refractivity contribution in [3.8, 4) is 0 Å². The molecule has 7 nitrogen and oxygen atoms in total. The minimum Gasteiger partial charge on any atom is -0.352 e. The van der Waals surface area contributed by atoms with Crippen LogP contribution in [-0.4, -0.2) is 39.1 Å². The molecular formula is C27H31N3O4S. The number of hydrogen-bond acceptors (Lipinski definition) is 4. The van der Waals surface area contributed by atoms with E-state index in [1.165, 1.54) is 6.92 Å². The summed E-state index contributed by atoms with van der Waals surface area (Å²) in [4.78, 5) is 26.0. The molecule has 2 N–H and O–H groups in total. The van der Waals surface area contributed by atoms with Gasteiger partial charge in [-0.15, -0.1) is 0 Å². The molecule has 2 amide bonds. The molecule has 3 rings (SSSR count). The zero-order valence-corrected chi connectivity index (χ0v) is 21.2. The average Bonchev–Trinajstić information content (AvgIpc) is 2.81. The van der Waals surface area contributed by atoms with Crippen LogP contribution in [0.15, 0.2) is 72.8 Å². The van der Waals surface area contributed by atoms with Crippen LogP contribution in [0.5, 0.6) is 0 Å². The lowest BCUT2D eigenvalue weighted by atomic mass is 10.1. The number of anilines is 2. The number of benzene rings is 3. The molecule has 0 saturated carbocycles. The third kappa shape index (κ3) is 6.70. The van der Waals surface area contributed by atoms with Crippen molar-refractivity contribution >= 4 is 33.2 Å². The fourth-order valence-corrected chi connectivity index (χ4v) is 4.93. The number of aryl methyl sites for hydroxylation is 2. The van der Waals surface area contributed by atoms with Gasteiger partial charge >= 0.3 is 0 Å². The number of carbonyl (C=O) groups excluding carboxylic acids is 2. The molecule has 0 bridgehead atoms. The van der Waals surface area contributed by atoms with Gasteiger partial charge in [0.1, 0.15) is 6.04 Å². The summed E-state index contributed by atoms with van der Waals surface area (Å²) in [6, 6.07) is 20.7. The van der Waals surface area contributed by atoms with Crippen LogP contribution in [0.3, 0.4) is 0 Å². The number of carbonyl (C=O) groups is 2. The Hall–Kier alpha value is -3.65. The van der Waals surface area contributed by atoms with E-state index < -0.39 is 22.0 Å². The number of rotatable bonds is 9. The van der Waals surface area contributed by atoms with Crippen molar-refractivity contribution in [2.24, 2.45) is 0 Å². The van der Waals surface area contributed by atoms with Crippen LogP contribution in [0.1, 0.15) is 34.0 Å². The maximum atomic E-state index is 13.2. The van der Waals surface area contributed by atoms with Crippen molar-refractivity contribution in [1.82, 2.24) is 5.32 Å². The molecule has 3 aromatic carbocycles. The van der Waals surface area contributed by atoms with Crippen molar-refractivity contribution in [3.63, 3.8) is 0 Å². The van der Waals surface area contributed by atoms with Crippen molar-refractivity contribution in [2.75, 3.05) is 22.4 Å². The first kappa shape index (κ1) is 26.0. The molecule has 35 heavy (non-hydrogen) atoms. The van der Waals surface area contributed by atoms with Crippen LogP contribution in [0.25, 0.3) is 0 Å². The lowest BCUT2D eigenvalue weighted by molar-refractivity contribution is -0.116. The van der Waals surface area contributed by atoms with Crippen LogP contribution in [-0.2, 0) is 21.2 Å². The highest BCUT2D eigenvalue weighted by Gasteiger charge is 2.30. The van der Waals surface area contributed by atoms with Crippen LogP contribution in [0, 0.1) is 13.8 Å². The number of amides is 2. The number of hydrogen-bond donors (Lipinski definition) is 2. The molecule has 0 aliphatic rings. The smallest absolute Gasteiger partial charge is 0.253 e. The lowest BCUT2D eigenvalue weighted by Gasteiger charge is -2.29. The highest BCUT2D eigenvalue weighted by molar-refractivity contribution is 7.92. The van der Waals surface area contributed by atoms with E-state index in [4.69, 9.17) is 0 Å². The van der Waals surface area contributed by atoms with Crippen LogP contribution in [0.2, 0.25) is 0 Å². The highest BCUT2D eigenvalue weighted by Crippen LogP contribution is 2.25. The van der Waals surface area contributed by atoms with E-state index in [9.17, 15) is 18.0 Å². The third-order valence-electron chi connectivity index (χ3n) is 5.81. The van der Waals surface area contributed by atoms with E-state index in [-0.39, 0.29) is 5.91 Å². The van der Waals surface area contributed by atoms with Gasteiger partial charge in [0, 0.05) is 6.54 Å². The van der Waals surface area contributed by atoms with E-state index in [0.29, 0.717) is 29.9 Å². The molecule has 184 valence electrons. The molecule has 0 radical (unpaired) electrons.